The SMILES string of the molecule is COc1ccc(C(=O)N2CCC(c3nnc(CC4CCCC4)s3)CC2)cc1. The summed E-state index contributed by atoms with van der Waals surface area (Å²) in [5.41, 5.74) is 0.726. The van der Waals surface area contributed by atoms with Gasteiger partial charge in [-0.25, -0.2) is 0 Å². The van der Waals surface area contributed by atoms with E-state index in [1.165, 1.54) is 35.7 Å². The van der Waals surface area contributed by atoms with Crippen molar-refractivity contribution in [2.45, 2.75) is 50.9 Å². The Bertz CT molecular complexity index is 760. The lowest BCUT2D eigenvalue weighted by atomic mass is 9.97. The van der Waals surface area contributed by atoms with Gasteiger partial charge in [-0.3, -0.25) is 4.79 Å². The molecule has 2 aliphatic rings. The molecule has 4 rings (SSSR count). The first-order valence-corrected chi connectivity index (χ1v) is 10.8. The Kier molecular flexibility index (Phi) is 5.72. The largest absolute Gasteiger partial charge is 0.497 e. The van der Waals surface area contributed by atoms with E-state index < -0.39 is 0 Å². The van der Waals surface area contributed by atoms with Gasteiger partial charge in [0.15, 0.2) is 0 Å². The Morgan fingerprint density at radius 3 is 2.48 bits per heavy atom. The van der Waals surface area contributed by atoms with Gasteiger partial charge in [-0.15, -0.1) is 21.5 Å². The van der Waals surface area contributed by atoms with Crippen molar-refractivity contribution in [3.05, 3.63) is 39.8 Å². The van der Waals surface area contributed by atoms with Gasteiger partial charge >= 0.3 is 0 Å². The Balaban J connectivity index is 1.31. The van der Waals surface area contributed by atoms with Crippen LogP contribution in [0.15, 0.2) is 24.3 Å². The standard InChI is InChI=1S/C21H27N3O2S/c1-26-18-8-6-17(7-9-18)21(25)24-12-10-16(11-13-24)20-23-22-19(27-20)14-15-4-2-3-5-15/h6-9,15-16H,2-5,10-14H2,1H3. The molecule has 6 heteroatoms. The van der Waals surface area contributed by atoms with E-state index in [2.05, 4.69) is 10.2 Å². The molecule has 1 saturated heterocycles. The molecule has 0 atom stereocenters. The number of methoxy groups -OCH3 is 1. The molecule has 27 heavy (non-hydrogen) atoms. The van der Waals surface area contributed by atoms with Gasteiger partial charge in [0.05, 0.1) is 7.11 Å². The lowest BCUT2D eigenvalue weighted by Crippen LogP contribution is -2.37. The van der Waals surface area contributed by atoms with Crippen molar-refractivity contribution in [1.82, 2.24) is 15.1 Å². The van der Waals surface area contributed by atoms with Gasteiger partial charge in [-0.05, 0) is 43.0 Å². The van der Waals surface area contributed by atoms with Crippen LogP contribution < -0.4 is 4.74 Å². The maximum atomic E-state index is 12.7. The summed E-state index contributed by atoms with van der Waals surface area (Å²) in [4.78, 5) is 14.7. The summed E-state index contributed by atoms with van der Waals surface area (Å²) in [6.07, 6.45) is 8.49. The Labute approximate surface area is 164 Å². The van der Waals surface area contributed by atoms with E-state index in [9.17, 15) is 4.79 Å². The zero-order valence-electron chi connectivity index (χ0n) is 15.9. The quantitative estimate of drug-likeness (QED) is 0.770. The Morgan fingerprint density at radius 1 is 1.11 bits per heavy atom. The number of nitrogens with zero attached hydrogens (tertiary/aromatic N) is 3. The Morgan fingerprint density at radius 2 is 1.81 bits per heavy atom. The minimum Gasteiger partial charge on any atom is -0.497 e. The van der Waals surface area contributed by atoms with Crippen molar-refractivity contribution in [2.75, 3.05) is 20.2 Å². The fourth-order valence-corrected chi connectivity index (χ4v) is 5.35. The van der Waals surface area contributed by atoms with Crippen LogP contribution in [0.25, 0.3) is 0 Å². The van der Waals surface area contributed by atoms with E-state index >= 15 is 0 Å². The molecular weight excluding hydrogens is 358 g/mol. The molecule has 1 saturated carbocycles. The topological polar surface area (TPSA) is 55.3 Å². The highest BCUT2D eigenvalue weighted by Gasteiger charge is 2.27. The summed E-state index contributed by atoms with van der Waals surface area (Å²) < 4.78 is 5.16. The third-order valence-electron chi connectivity index (χ3n) is 5.89. The van der Waals surface area contributed by atoms with Gasteiger partial charge in [-0.1, -0.05) is 25.7 Å². The van der Waals surface area contributed by atoms with E-state index in [1.54, 1.807) is 18.4 Å². The van der Waals surface area contributed by atoms with Crippen molar-refractivity contribution in [3.8, 4) is 5.75 Å². The van der Waals surface area contributed by atoms with Crippen LogP contribution in [0.2, 0.25) is 0 Å². The highest BCUT2D eigenvalue weighted by atomic mass is 32.1. The predicted molar refractivity (Wildman–Crippen MR) is 106 cm³/mol. The highest BCUT2D eigenvalue weighted by Crippen LogP contribution is 2.33. The summed E-state index contributed by atoms with van der Waals surface area (Å²) in [6, 6.07) is 7.36. The van der Waals surface area contributed by atoms with Crippen LogP contribution in [0, 0.1) is 5.92 Å². The Hall–Kier alpha value is -1.95. The van der Waals surface area contributed by atoms with Crippen LogP contribution in [-0.4, -0.2) is 41.2 Å². The summed E-state index contributed by atoms with van der Waals surface area (Å²) in [7, 11) is 1.63. The monoisotopic (exact) mass is 385 g/mol. The fourth-order valence-electron chi connectivity index (χ4n) is 4.22. The minimum absolute atomic E-state index is 0.107. The molecule has 0 N–H and O–H groups in total. The number of ether oxygens (including phenoxy) is 1. The van der Waals surface area contributed by atoms with Crippen molar-refractivity contribution in [3.63, 3.8) is 0 Å². The molecule has 1 amide bonds. The number of aromatic nitrogens is 2. The maximum Gasteiger partial charge on any atom is 0.253 e. The first-order valence-electron chi connectivity index (χ1n) is 9.98. The van der Waals surface area contributed by atoms with Crippen LogP contribution in [0.5, 0.6) is 5.75 Å². The van der Waals surface area contributed by atoms with E-state index in [0.29, 0.717) is 5.92 Å². The molecule has 144 valence electrons. The smallest absolute Gasteiger partial charge is 0.253 e. The molecule has 0 radical (unpaired) electrons. The molecule has 0 spiro atoms. The first kappa shape index (κ1) is 18.4. The second kappa shape index (κ2) is 8.38. The molecular formula is C21H27N3O2S. The lowest BCUT2D eigenvalue weighted by molar-refractivity contribution is 0.0713. The third-order valence-corrected chi connectivity index (χ3v) is 7.00. The van der Waals surface area contributed by atoms with Crippen molar-refractivity contribution in [2.24, 2.45) is 5.92 Å². The number of benzene rings is 1. The van der Waals surface area contributed by atoms with Gasteiger partial charge in [0.25, 0.3) is 5.91 Å². The number of hydrogen-bond acceptors (Lipinski definition) is 5. The van der Waals surface area contributed by atoms with Crippen LogP contribution in [-0.2, 0) is 6.42 Å². The number of amides is 1. The number of carbonyl (C=O) groups excluding carboxylic acids is 1. The summed E-state index contributed by atoms with van der Waals surface area (Å²) in [6.45, 7) is 1.57. The molecule has 1 aliphatic carbocycles. The van der Waals surface area contributed by atoms with Gasteiger partial charge in [0.1, 0.15) is 15.8 Å². The fraction of sp³-hybridized carbons (Fsp3) is 0.571. The molecule has 2 aromatic rings. The van der Waals surface area contributed by atoms with E-state index in [0.717, 1.165) is 49.6 Å². The summed E-state index contributed by atoms with van der Waals surface area (Å²) in [5.74, 6) is 2.14. The zero-order valence-corrected chi connectivity index (χ0v) is 16.7. The second-order valence-electron chi connectivity index (χ2n) is 7.68. The van der Waals surface area contributed by atoms with Crippen LogP contribution in [0.3, 0.4) is 0 Å². The normalized spacial score (nSPS) is 18.8. The number of carbonyl (C=O) groups is 1. The molecule has 5 nitrogen and oxygen atoms in total. The second-order valence-corrected chi connectivity index (χ2v) is 8.78. The molecule has 2 heterocycles. The van der Waals surface area contributed by atoms with E-state index in [4.69, 9.17) is 4.74 Å². The van der Waals surface area contributed by atoms with Gasteiger partial charge in [0, 0.05) is 31.0 Å². The van der Waals surface area contributed by atoms with Crippen LogP contribution >= 0.6 is 11.3 Å². The minimum atomic E-state index is 0.107. The number of rotatable bonds is 5. The van der Waals surface area contributed by atoms with Gasteiger partial charge in [0.2, 0.25) is 0 Å². The zero-order chi connectivity index (χ0) is 18.6. The number of piperidine rings is 1. The average molecular weight is 386 g/mol. The summed E-state index contributed by atoms with van der Waals surface area (Å²) >= 11 is 1.80. The summed E-state index contributed by atoms with van der Waals surface area (Å²) in [5, 5.41) is 11.3. The first-order chi connectivity index (χ1) is 13.2. The lowest BCUT2D eigenvalue weighted by Gasteiger charge is -2.31. The van der Waals surface area contributed by atoms with Crippen molar-refractivity contribution < 1.29 is 9.53 Å². The van der Waals surface area contributed by atoms with E-state index in [-0.39, 0.29) is 5.91 Å². The van der Waals surface area contributed by atoms with E-state index in [1.807, 2.05) is 29.2 Å². The predicted octanol–water partition coefficient (Wildman–Crippen LogP) is 4.30. The molecule has 0 bridgehead atoms. The van der Waals surface area contributed by atoms with Gasteiger partial charge in [-0.2, -0.15) is 0 Å². The highest BCUT2D eigenvalue weighted by molar-refractivity contribution is 7.11. The molecule has 2 fully saturated rings. The van der Waals surface area contributed by atoms with Gasteiger partial charge < -0.3 is 9.64 Å². The molecule has 1 aromatic heterocycles. The van der Waals surface area contributed by atoms with Crippen LogP contribution in [0.1, 0.15) is 64.8 Å². The molecule has 0 unspecified atom stereocenters. The van der Waals surface area contributed by atoms with Crippen molar-refractivity contribution >= 4 is 17.2 Å². The molecule has 1 aliphatic heterocycles. The van der Waals surface area contributed by atoms with Crippen molar-refractivity contribution in [1.29, 1.82) is 0 Å². The number of hydrogen-bond donors (Lipinski definition) is 0. The third kappa shape index (κ3) is 4.32. The molecule has 1 aromatic carbocycles. The average Bonchev–Trinajstić information content (AvgIpc) is 3.40. The van der Waals surface area contributed by atoms with Crippen LogP contribution in [0.4, 0.5) is 0 Å². The maximum absolute atomic E-state index is 12.7. The number of likely N-dealkylation sites (tertiary alicyclic amines) is 1.